The van der Waals surface area contributed by atoms with Crippen LogP contribution < -0.4 is 76.5 Å². The van der Waals surface area contributed by atoms with Crippen LogP contribution in [0.3, 0.4) is 0 Å². The van der Waals surface area contributed by atoms with E-state index in [2.05, 4.69) is 62.8 Å². The smallest absolute Gasteiger partial charge is 0.245 e. The maximum Gasteiger partial charge on any atom is 0.245 e. The number of hydrogen-bond acceptors (Lipinski definition) is 15. The SMILES string of the molecule is CC(C)CC(NC(=O)C(CC(C)C)NC(=O)C(Cc1c[nH]c2ccccc12)NC(=O)C(Cc1ccccc1)NC(=O)C(Cc1c[nH]c2ccccc12)NC(=O)C(CCC(N)=O)NC(=O)C(Cc1c[nH]c2ccccc12)NC(=O)C1CCCN1C(=O)C(CCCCN)NC(=O)C1CCCN1C(=O)C(N)CCCNC(=N)N)C(N)=O. The lowest BCUT2D eigenvalue weighted by molar-refractivity contribution is -0.144. The average molecular weight is 1560 g/mol. The molecule has 0 bridgehead atoms. The Bertz CT molecular complexity index is 4500. The van der Waals surface area contributed by atoms with E-state index in [4.69, 9.17) is 34.1 Å². The molecule has 0 spiro atoms. The van der Waals surface area contributed by atoms with Crippen LogP contribution in [0.25, 0.3) is 32.7 Å². The Labute approximate surface area is 656 Å². The molecule has 0 aliphatic carbocycles. The number of benzene rings is 4. The predicted octanol–water partition coefficient (Wildman–Crippen LogP) is 1.82. The molecular weight excluding hydrogens is 1450 g/mol. The van der Waals surface area contributed by atoms with Crippen LogP contribution in [0.2, 0.25) is 0 Å². The minimum absolute atomic E-state index is 0.0290. The Morgan fingerprint density at radius 2 is 0.850 bits per heavy atom. The largest absolute Gasteiger partial charge is 0.370 e. The highest BCUT2D eigenvalue weighted by Crippen LogP contribution is 2.27. The van der Waals surface area contributed by atoms with E-state index in [0.29, 0.717) is 95.7 Å². The maximum absolute atomic E-state index is 15.6. The van der Waals surface area contributed by atoms with Crippen LogP contribution in [0.1, 0.15) is 133 Å². The lowest BCUT2D eigenvalue weighted by Gasteiger charge is -2.32. The van der Waals surface area contributed by atoms with Gasteiger partial charge in [-0.25, -0.2) is 0 Å². The van der Waals surface area contributed by atoms with Crippen LogP contribution in [-0.2, 0) is 83.2 Å². The number of likely N-dealkylation sites (tertiary alicyclic amines) is 2. The van der Waals surface area contributed by atoms with Crippen molar-refractivity contribution in [2.45, 2.75) is 203 Å². The molecule has 7 aromatic rings. The van der Waals surface area contributed by atoms with E-state index < -0.39 is 150 Å². The van der Waals surface area contributed by atoms with E-state index in [1.165, 1.54) is 9.80 Å². The summed E-state index contributed by atoms with van der Waals surface area (Å²) in [6.07, 6.45) is 6.97. The molecule has 11 unspecified atom stereocenters. The van der Waals surface area contributed by atoms with Gasteiger partial charge in [-0.3, -0.25) is 62.9 Å². The number of fused-ring (bicyclic) bond motifs is 3. The third kappa shape index (κ3) is 23.9. The number of para-hydroxylation sites is 3. The van der Waals surface area contributed by atoms with Gasteiger partial charge in [-0.1, -0.05) is 113 Å². The fraction of sp³-hybridized carbons (Fsp3) is 0.469. The molecule has 0 saturated carbocycles. The molecule has 2 saturated heterocycles. The van der Waals surface area contributed by atoms with Crippen molar-refractivity contribution < 1.29 is 57.5 Å². The van der Waals surface area contributed by atoms with E-state index >= 15 is 28.8 Å². The van der Waals surface area contributed by atoms with E-state index in [0.717, 1.165) is 10.9 Å². The summed E-state index contributed by atoms with van der Waals surface area (Å²) >= 11 is 0. The van der Waals surface area contributed by atoms with Crippen LogP contribution in [0, 0.1) is 17.2 Å². The van der Waals surface area contributed by atoms with Crippen LogP contribution in [0.4, 0.5) is 0 Å². The minimum atomic E-state index is -1.64. The zero-order chi connectivity index (χ0) is 81.4. The van der Waals surface area contributed by atoms with Gasteiger partial charge in [0.2, 0.25) is 70.9 Å². The molecule has 2 aliphatic heterocycles. The quantitative estimate of drug-likeness (QED) is 0.0147. The average Bonchev–Trinajstić information content (AvgIpc) is 1.72. The molecule has 12 amide bonds. The molecule has 2 aliphatic rings. The van der Waals surface area contributed by atoms with E-state index in [1.807, 2.05) is 88.4 Å². The summed E-state index contributed by atoms with van der Waals surface area (Å²) in [4.78, 5) is 187. The molecule has 2 fully saturated rings. The summed E-state index contributed by atoms with van der Waals surface area (Å²) < 4.78 is 0. The summed E-state index contributed by atoms with van der Waals surface area (Å²) in [7, 11) is 0. The zero-order valence-electron chi connectivity index (χ0n) is 64.6. The van der Waals surface area contributed by atoms with E-state index in [1.54, 1.807) is 61.1 Å². The van der Waals surface area contributed by atoms with Gasteiger partial charge >= 0.3 is 0 Å². The van der Waals surface area contributed by atoms with Crippen LogP contribution in [0.5, 0.6) is 0 Å². The Morgan fingerprint density at radius 3 is 1.31 bits per heavy atom. The van der Waals surface area contributed by atoms with Gasteiger partial charge in [0.1, 0.15) is 60.4 Å². The zero-order valence-corrected chi connectivity index (χ0v) is 64.6. The fourth-order valence-electron chi connectivity index (χ4n) is 14.8. The molecule has 113 heavy (non-hydrogen) atoms. The third-order valence-electron chi connectivity index (χ3n) is 20.7. The van der Waals surface area contributed by atoms with Crippen molar-refractivity contribution in [3.8, 4) is 0 Å². The number of H-pyrrole nitrogens is 3. The van der Waals surface area contributed by atoms with Crippen molar-refractivity contribution in [1.82, 2.24) is 72.6 Å². The van der Waals surface area contributed by atoms with Gasteiger partial charge in [-0.15, -0.1) is 0 Å². The van der Waals surface area contributed by atoms with Crippen molar-refractivity contribution in [1.29, 1.82) is 5.41 Å². The number of nitrogens with one attached hydrogen (secondary N) is 13. The number of hydrogen-bond donors (Lipinski definition) is 18. The van der Waals surface area contributed by atoms with Gasteiger partial charge in [-0.2, -0.15) is 0 Å². The number of rotatable bonds is 42. The predicted molar refractivity (Wildman–Crippen MR) is 428 cm³/mol. The van der Waals surface area contributed by atoms with E-state index in [9.17, 15) is 28.8 Å². The van der Waals surface area contributed by atoms with Gasteiger partial charge < -0.3 is 101 Å². The summed E-state index contributed by atoms with van der Waals surface area (Å²) in [6.45, 7) is 8.44. The highest BCUT2D eigenvalue weighted by atomic mass is 16.2. The molecule has 9 rings (SSSR count). The first kappa shape index (κ1) is 85.3. The number of unbranched alkanes of at least 4 members (excludes halogenated alkanes) is 1. The molecule has 23 N–H and O–H groups in total. The second kappa shape index (κ2) is 41.0. The first-order valence-corrected chi connectivity index (χ1v) is 39.0. The molecule has 5 heterocycles. The summed E-state index contributed by atoms with van der Waals surface area (Å²) in [5.41, 5.74) is 33.6. The fourth-order valence-corrected chi connectivity index (χ4v) is 14.8. The Morgan fingerprint density at radius 1 is 0.451 bits per heavy atom. The third-order valence-corrected chi connectivity index (χ3v) is 20.7. The highest BCUT2D eigenvalue weighted by Gasteiger charge is 2.43. The number of aromatic amines is 3. The Kier molecular flexibility index (Phi) is 31.0. The van der Waals surface area contributed by atoms with Crippen molar-refractivity contribution in [3.63, 3.8) is 0 Å². The monoisotopic (exact) mass is 1550 g/mol. The molecule has 606 valence electrons. The van der Waals surface area contributed by atoms with Crippen molar-refractivity contribution in [2.75, 3.05) is 26.2 Å². The topological polar surface area (TPSA) is 521 Å². The van der Waals surface area contributed by atoms with Gasteiger partial charge in [0.15, 0.2) is 5.96 Å². The number of primary amides is 2. The molecule has 32 heteroatoms. The second-order valence-corrected chi connectivity index (χ2v) is 30.3. The second-order valence-electron chi connectivity index (χ2n) is 30.3. The normalized spacial score (nSPS) is 16.6. The molecular formula is C81H110N20O12. The summed E-state index contributed by atoms with van der Waals surface area (Å²) in [5, 5.41) is 35.0. The van der Waals surface area contributed by atoms with Crippen molar-refractivity contribution >= 4 is 110 Å². The number of nitrogens with two attached hydrogens (primary N) is 5. The Hall–Kier alpha value is -11.7. The molecule has 11 atom stereocenters. The number of carbonyl (C=O) groups is 12. The number of guanidine groups is 1. The van der Waals surface area contributed by atoms with Crippen LogP contribution >= 0.6 is 0 Å². The standard InChI is InChI=1S/C81H110N20O12/c1-46(2)37-61(70(85)103)94-72(105)62(38-47(3)4)95-75(108)65(41-50-44-90-57-26-12-9-22-53(50)57)98-73(106)63(39-48-19-6-5-7-20-48)96-76(109)64(40-49-43-89-56-25-11-8-21-52(49)56)97-71(104)59(31-32-69(84)102)92-74(107)66(42-51-45-91-58-27-13-10-23-54(51)58)99-78(111)68-30-18-36-101(68)80(113)60(28-14-15-33-82)93-77(110)67-29-17-35-100(67)79(112)55(83)24-16-34-88-81(86)87/h5-13,19-23,25-27,43-47,55,59-68,89-91H,14-18,24,28-42,82-83H2,1-4H3,(H2,84,102)(H2,85,103)(H,92,107)(H,93,110)(H,94,105)(H,95,108)(H,96,109)(H,97,104)(H,98,106)(H,99,111)(H4,86,87,88). The van der Waals surface area contributed by atoms with Crippen molar-refractivity contribution in [3.05, 3.63) is 144 Å². The number of amides is 12. The highest BCUT2D eigenvalue weighted by molar-refractivity contribution is 6.01. The molecule has 4 aromatic carbocycles. The van der Waals surface area contributed by atoms with Crippen LogP contribution in [-0.4, -0.2) is 194 Å². The maximum atomic E-state index is 15.6. The lowest BCUT2D eigenvalue weighted by atomic mass is 9.98. The number of nitrogens with zero attached hydrogens (tertiary/aromatic N) is 2. The minimum Gasteiger partial charge on any atom is -0.370 e. The molecule has 32 nitrogen and oxygen atoms in total. The lowest BCUT2D eigenvalue weighted by Crippen LogP contribution is -2.61. The van der Waals surface area contributed by atoms with Gasteiger partial charge in [-0.05, 0) is 136 Å². The number of carbonyl (C=O) groups excluding carboxylic acids is 12. The Balaban J connectivity index is 0.990. The number of aromatic nitrogens is 3. The van der Waals surface area contributed by atoms with Crippen molar-refractivity contribution in [2.24, 2.45) is 40.5 Å². The van der Waals surface area contributed by atoms with Crippen LogP contribution in [0.15, 0.2) is 122 Å². The molecule has 3 aromatic heterocycles. The van der Waals surface area contributed by atoms with Gasteiger partial charge in [0, 0.05) is 103 Å². The first-order valence-electron chi connectivity index (χ1n) is 39.0. The van der Waals surface area contributed by atoms with E-state index in [-0.39, 0.29) is 88.7 Å². The summed E-state index contributed by atoms with van der Waals surface area (Å²) in [6, 6.07) is 16.6. The summed E-state index contributed by atoms with van der Waals surface area (Å²) in [5.74, 6) is -9.32. The first-order chi connectivity index (χ1) is 54.2. The van der Waals surface area contributed by atoms with Gasteiger partial charge in [0.05, 0.1) is 6.04 Å². The molecule has 0 radical (unpaired) electrons. The van der Waals surface area contributed by atoms with Gasteiger partial charge in [0.25, 0.3) is 0 Å².